The number of ether oxygens (including phenoxy) is 2. The van der Waals surface area contributed by atoms with Gasteiger partial charge in [0.15, 0.2) is 23.1 Å². The molecule has 12 nitrogen and oxygen atoms in total. The lowest BCUT2D eigenvalue weighted by atomic mass is 10.2. The fourth-order valence-corrected chi connectivity index (χ4v) is 3.16. The number of benzene rings is 1. The molecule has 0 bridgehead atoms. The number of methoxy groups -OCH3 is 2. The van der Waals surface area contributed by atoms with Crippen molar-refractivity contribution in [3.05, 3.63) is 53.7 Å². The summed E-state index contributed by atoms with van der Waals surface area (Å²) >= 11 is 0. The first-order valence-electron chi connectivity index (χ1n) is 9.94. The standard InChI is InChI=1S/C21H18F2N8O4/c1-34-20(32)28-16-14(24)17(29-21(33)35-2)27-18(26-16)15-12-7-11(22)8-25-19(12)31(30-15)9-10-5-3-4-6-13(10)23/h3-8H,9,24H2,1-2H3,(H2,26,27,28,29,32,33). The summed E-state index contributed by atoms with van der Waals surface area (Å²) in [5.74, 6) is -1.70. The molecule has 2 amide bonds. The Balaban J connectivity index is 1.90. The van der Waals surface area contributed by atoms with Crippen molar-refractivity contribution in [3.63, 3.8) is 0 Å². The molecule has 180 valence electrons. The number of hydrogen-bond donors (Lipinski definition) is 3. The van der Waals surface area contributed by atoms with E-state index in [1.807, 2.05) is 0 Å². The van der Waals surface area contributed by atoms with Gasteiger partial charge in [0.05, 0.1) is 32.3 Å². The molecule has 0 unspecified atom stereocenters. The average Bonchev–Trinajstić information content (AvgIpc) is 3.19. The maximum atomic E-state index is 14.3. The minimum Gasteiger partial charge on any atom is -0.453 e. The predicted octanol–water partition coefficient (Wildman–Crippen LogP) is 3.15. The molecular formula is C21H18F2N8O4. The van der Waals surface area contributed by atoms with E-state index in [1.54, 1.807) is 18.2 Å². The number of fused-ring (bicyclic) bond motifs is 1. The van der Waals surface area contributed by atoms with Gasteiger partial charge in [-0.3, -0.25) is 10.6 Å². The van der Waals surface area contributed by atoms with Crippen LogP contribution in [0.4, 0.5) is 35.7 Å². The first-order chi connectivity index (χ1) is 16.8. The van der Waals surface area contributed by atoms with E-state index >= 15 is 0 Å². The summed E-state index contributed by atoms with van der Waals surface area (Å²) in [6, 6.07) is 7.24. The van der Waals surface area contributed by atoms with Crippen LogP contribution in [-0.2, 0) is 16.0 Å². The smallest absolute Gasteiger partial charge is 0.412 e. The van der Waals surface area contributed by atoms with Crippen LogP contribution in [0.15, 0.2) is 36.5 Å². The Labute approximate surface area is 196 Å². The van der Waals surface area contributed by atoms with Crippen LogP contribution in [0.25, 0.3) is 22.6 Å². The molecule has 35 heavy (non-hydrogen) atoms. The molecule has 0 saturated carbocycles. The largest absolute Gasteiger partial charge is 0.453 e. The summed E-state index contributed by atoms with van der Waals surface area (Å²) in [6.07, 6.45) is -0.801. The molecule has 1 aromatic carbocycles. The summed E-state index contributed by atoms with van der Waals surface area (Å²) < 4.78 is 38.9. The number of nitrogen functional groups attached to an aromatic ring is 1. The second-order valence-corrected chi connectivity index (χ2v) is 7.01. The van der Waals surface area contributed by atoms with Gasteiger partial charge in [-0.15, -0.1) is 0 Å². The first-order valence-corrected chi connectivity index (χ1v) is 9.94. The highest BCUT2D eigenvalue weighted by atomic mass is 19.1. The van der Waals surface area contributed by atoms with Gasteiger partial charge in [-0.05, 0) is 12.1 Å². The fourth-order valence-electron chi connectivity index (χ4n) is 3.16. The highest BCUT2D eigenvalue weighted by Crippen LogP contribution is 2.31. The molecule has 0 radical (unpaired) electrons. The molecular weight excluding hydrogens is 466 g/mol. The summed E-state index contributed by atoms with van der Waals surface area (Å²) in [7, 11) is 2.27. The van der Waals surface area contributed by atoms with Crippen LogP contribution >= 0.6 is 0 Å². The molecule has 4 aromatic rings. The van der Waals surface area contributed by atoms with Crippen molar-refractivity contribution in [1.82, 2.24) is 24.7 Å². The van der Waals surface area contributed by atoms with Gasteiger partial charge < -0.3 is 15.2 Å². The zero-order valence-corrected chi connectivity index (χ0v) is 18.4. The zero-order chi connectivity index (χ0) is 25.1. The molecule has 0 fully saturated rings. The van der Waals surface area contributed by atoms with Crippen molar-refractivity contribution in [2.45, 2.75) is 6.54 Å². The van der Waals surface area contributed by atoms with Gasteiger partial charge in [0.25, 0.3) is 0 Å². The van der Waals surface area contributed by atoms with E-state index in [9.17, 15) is 18.4 Å². The SMILES string of the molecule is COC(=O)Nc1nc(-c2nn(Cc3ccccc3F)c3ncc(F)cc23)nc(NC(=O)OC)c1N. The number of aromatic nitrogens is 5. The minimum absolute atomic E-state index is 0.0304. The quantitative estimate of drug-likeness (QED) is 0.387. The summed E-state index contributed by atoms with van der Waals surface area (Å²) in [4.78, 5) is 36.1. The maximum absolute atomic E-state index is 14.3. The van der Waals surface area contributed by atoms with Crippen LogP contribution in [0.3, 0.4) is 0 Å². The lowest BCUT2D eigenvalue weighted by Gasteiger charge is -2.12. The predicted molar refractivity (Wildman–Crippen MR) is 120 cm³/mol. The van der Waals surface area contributed by atoms with Gasteiger partial charge in [-0.25, -0.2) is 38.0 Å². The Bertz CT molecular complexity index is 1400. The number of rotatable bonds is 5. The summed E-state index contributed by atoms with van der Waals surface area (Å²) in [5, 5.41) is 9.23. The third-order valence-electron chi connectivity index (χ3n) is 4.80. The number of pyridine rings is 1. The average molecular weight is 484 g/mol. The van der Waals surface area contributed by atoms with Gasteiger partial charge in [-0.2, -0.15) is 5.10 Å². The number of anilines is 3. The number of halogens is 2. The number of nitrogens with one attached hydrogen (secondary N) is 2. The van der Waals surface area contributed by atoms with Crippen molar-refractivity contribution in [3.8, 4) is 11.5 Å². The Morgan fingerprint density at radius 1 is 1.06 bits per heavy atom. The lowest BCUT2D eigenvalue weighted by molar-refractivity contribution is 0.186. The monoisotopic (exact) mass is 484 g/mol. The van der Waals surface area contributed by atoms with Crippen LogP contribution in [-0.4, -0.2) is 51.1 Å². The molecule has 3 aromatic heterocycles. The summed E-state index contributed by atoms with van der Waals surface area (Å²) in [5.41, 5.74) is 6.35. The molecule has 0 spiro atoms. The normalized spacial score (nSPS) is 10.7. The van der Waals surface area contributed by atoms with Crippen LogP contribution in [0.2, 0.25) is 0 Å². The van der Waals surface area contributed by atoms with Crippen molar-refractivity contribution in [2.75, 3.05) is 30.6 Å². The minimum atomic E-state index is -0.895. The Kier molecular flexibility index (Phi) is 6.35. The van der Waals surface area contributed by atoms with Gasteiger partial charge in [0.2, 0.25) is 0 Å². The van der Waals surface area contributed by atoms with Crippen molar-refractivity contribution >= 4 is 40.5 Å². The van der Waals surface area contributed by atoms with Gasteiger partial charge in [0.1, 0.15) is 23.0 Å². The van der Waals surface area contributed by atoms with E-state index in [0.717, 1.165) is 26.5 Å². The molecule has 0 aliphatic heterocycles. The Morgan fingerprint density at radius 2 is 1.69 bits per heavy atom. The van der Waals surface area contributed by atoms with Crippen LogP contribution in [0.1, 0.15) is 5.56 Å². The van der Waals surface area contributed by atoms with Gasteiger partial charge in [-0.1, -0.05) is 18.2 Å². The van der Waals surface area contributed by atoms with E-state index in [2.05, 4.69) is 40.2 Å². The van der Waals surface area contributed by atoms with E-state index in [4.69, 9.17) is 5.73 Å². The number of amides is 2. The molecule has 0 atom stereocenters. The zero-order valence-electron chi connectivity index (χ0n) is 18.4. The topological polar surface area (TPSA) is 159 Å². The van der Waals surface area contributed by atoms with Crippen LogP contribution < -0.4 is 16.4 Å². The number of hydrogen-bond acceptors (Lipinski definition) is 9. The van der Waals surface area contributed by atoms with Crippen molar-refractivity contribution < 1.29 is 27.8 Å². The third-order valence-corrected chi connectivity index (χ3v) is 4.80. The van der Waals surface area contributed by atoms with Crippen LogP contribution in [0, 0.1) is 11.6 Å². The second-order valence-electron chi connectivity index (χ2n) is 7.01. The third kappa shape index (κ3) is 4.75. The fraction of sp³-hybridized carbons (Fsp3) is 0.143. The van der Waals surface area contributed by atoms with E-state index in [0.29, 0.717) is 5.56 Å². The summed E-state index contributed by atoms with van der Waals surface area (Å²) in [6.45, 7) is -0.0304. The molecule has 3 heterocycles. The number of carbonyl (C=O) groups excluding carboxylic acids is 2. The number of nitrogens with two attached hydrogens (primary N) is 1. The van der Waals surface area contributed by atoms with Crippen LogP contribution in [0.5, 0.6) is 0 Å². The molecule has 14 heteroatoms. The van der Waals surface area contributed by atoms with Crippen molar-refractivity contribution in [1.29, 1.82) is 0 Å². The number of carbonyl (C=O) groups is 2. The van der Waals surface area contributed by atoms with E-state index in [1.165, 1.54) is 10.7 Å². The Hall–Kier alpha value is -4.88. The Morgan fingerprint density at radius 3 is 2.29 bits per heavy atom. The highest BCUT2D eigenvalue weighted by molar-refractivity contribution is 5.96. The lowest BCUT2D eigenvalue weighted by Crippen LogP contribution is -2.19. The maximum Gasteiger partial charge on any atom is 0.412 e. The van der Waals surface area contributed by atoms with E-state index < -0.39 is 23.8 Å². The van der Waals surface area contributed by atoms with Crippen molar-refractivity contribution in [2.24, 2.45) is 0 Å². The molecule has 0 aliphatic rings. The van der Waals surface area contributed by atoms with Gasteiger partial charge in [0, 0.05) is 5.56 Å². The van der Waals surface area contributed by atoms with E-state index in [-0.39, 0.29) is 46.4 Å². The number of nitrogens with zero attached hydrogens (tertiary/aromatic N) is 5. The molecule has 0 saturated heterocycles. The second kappa shape index (κ2) is 9.54. The molecule has 0 aliphatic carbocycles. The van der Waals surface area contributed by atoms with Gasteiger partial charge >= 0.3 is 12.2 Å². The molecule has 4 N–H and O–H groups in total. The first kappa shape index (κ1) is 23.3. The highest BCUT2D eigenvalue weighted by Gasteiger charge is 2.22. The molecule has 4 rings (SSSR count).